The van der Waals surface area contributed by atoms with Gasteiger partial charge in [0.15, 0.2) is 5.96 Å². The van der Waals surface area contributed by atoms with Crippen LogP contribution in [0.1, 0.15) is 0 Å². The average Bonchev–Trinajstić information content (AvgIpc) is 0.811. The Bertz CT molecular complexity index is 35.9. The van der Waals surface area contributed by atoms with Crippen molar-refractivity contribution < 1.29 is 31.3 Å². The molecule has 0 rings (SSSR count). The Hall–Kier alpha value is 0.447. The van der Waals surface area contributed by atoms with Crippen LogP contribution in [0.5, 0.6) is 0 Å². The number of hydrogen-bond donors (Lipinski definition) is 3. The van der Waals surface area contributed by atoms with Crippen LogP contribution in [0, 0.1) is 5.41 Å². The monoisotopic (exact) mass is 137 g/mol. The Kier molecular flexibility index (Phi) is 59.9. The standard InChI is InChI=1S/CH5N3.2ClH.Li/c2-1(3)4;;;/h(H5,2,3,4);2*1H;/q;;;+1/p-1. The summed E-state index contributed by atoms with van der Waals surface area (Å²) < 4.78 is 0. The third-order valence-electron chi connectivity index (χ3n) is 0. The molecule has 0 heterocycles. The Labute approximate surface area is 66.7 Å². The van der Waals surface area contributed by atoms with Crippen molar-refractivity contribution in [2.24, 2.45) is 11.5 Å². The van der Waals surface area contributed by atoms with Crippen LogP contribution in [0.2, 0.25) is 0 Å². The van der Waals surface area contributed by atoms with Gasteiger partial charge in [0.1, 0.15) is 0 Å². The van der Waals surface area contributed by atoms with Crippen molar-refractivity contribution in [1.29, 1.82) is 5.41 Å². The minimum Gasteiger partial charge on any atom is -1.00 e. The molecule has 0 saturated heterocycles. The molecular formula is CH6Cl2LiN3. The summed E-state index contributed by atoms with van der Waals surface area (Å²) >= 11 is 0. The quantitative estimate of drug-likeness (QED) is 0.177. The van der Waals surface area contributed by atoms with Crippen molar-refractivity contribution in [2.75, 3.05) is 0 Å². The molecule has 40 valence electrons. The van der Waals surface area contributed by atoms with E-state index in [4.69, 9.17) is 5.41 Å². The SMILES string of the molecule is Cl.N=C(N)N.[Cl-].[Li+]. The van der Waals surface area contributed by atoms with Gasteiger partial charge in [0.2, 0.25) is 0 Å². The van der Waals surface area contributed by atoms with Crippen molar-refractivity contribution in [1.82, 2.24) is 0 Å². The molecule has 0 aliphatic carbocycles. The second-order valence-corrected chi connectivity index (χ2v) is 0.455. The molecule has 6 heteroatoms. The van der Waals surface area contributed by atoms with Gasteiger partial charge in [-0.25, -0.2) is 0 Å². The van der Waals surface area contributed by atoms with Gasteiger partial charge in [-0.3, -0.25) is 5.41 Å². The Morgan fingerprint density at radius 3 is 1.29 bits per heavy atom. The van der Waals surface area contributed by atoms with E-state index in [1.807, 2.05) is 0 Å². The van der Waals surface area contributed by atoms with Gasteiger partial charge in [0.25, 0.3) is 0 Å². The number of nitrogens with two attached hydrogens (primary N) is 2. The average molecular weight is 138 g/mol. The fourth-order valence-electron chi connectivity index (χ4n) is 0. The van der Waals surface area contributed by atoms with Gasteiger partial charge in [-0.1, -0.05) is 0 Å². The number of nitrogens with one attached hydrogen (secondary N) is 1. The molecule has 0 atom stereocenters. The van der Waals surface area contributed by atoms with Gasteiger partial charge < -0.3 is 23.9 Å². The van der Waals surface area contributed by atoms with E-state index in [0.717, 1.165) is 0 Å². The van der Waals surface area contributed by atoms with Crippen molar-refractivity contribution in [3.8, 4) is 0 Å². The zero-order valence-corrected chi connectivity index (χ0v) is 5.51. The predicted molar refractivity (Wildman–Crippen MR) is 23.3 cm³/mol. The summed E-state index contributed by atoms with van der Waals surface area (Å²) in [7, 11) is 0. The zero-order valence-electron chi connectivity index (χ0n) is 3.94. The van der Waals surface area contributed by atoms with Crippen molar-refractivity contribution in [2.45, 2.75) is 0 Å². The van der Waals surface area contributed by atoms with E-state index in [1.54, 1.807) is 0 Å². The summed E-state index contributed by atoms with van der Waals surface area (Å²) in [6.45, 7) is 0. The molecule has 0 bridgehead atoms. The molecular weight excluding hydrogens is 132 g/mol. The minimum absolute atomic E-state index is 0. The first-order valence-electron chi connectivity index (χ1n) is 0.827. The summed E-state index contributed by atoms with van der Waals surface area (Å²) in [6, 6.07) is 0. The summed E-state index contributed by atoms with van der Waals surface area (Å²) in [5, 5.41) is 6.06. The molecule has 5 N–H and O–H groups in total. The van der Waals surface area contributed by atoms with E-state index in [1.165, 1.54) is 0 Å². The summed E-state index contributed by atoms with van der Waals surface area (Å²) in [5.41, 5.74) is 8.94. The maximum absolute atomic E-state index is 6.06. The van der Waals surface area contributed by atoms with E-state index in [-0.39, 0.29) is 49.6 Å². The number of rotatable bonds is 0. The van der Waals surface area contributed by atoms with Crippen molar-refractivity contribution >= 4 is 18.4 Å². The third-order valence-corrected chi connectivity index (χ3v) is 0. The molecule has 0 aromatic heterocycles. The largest absolute Gasteiger partial charge is 1.00 e. The fourth-order valence-corrected chi connectivity index (χ4v) is 0. The smallest absolute Gasteiger partial charge is 1.00 e. The summed E-state index contributed by atoms with van der Waals surface area (Å²) in [4.78, 5) is 0. The maximum atomic E-state index is 6.06. The van der Waals surface area contributed by atoms with Gasteiger partial charge in [0.05, 0.1) is 0 Å². The van der Waals surface area contributed by atoms with E-state index in [2.05, 4.69) is 11.5 Å². The molecule has 0 aromatic carbocycles. The first kappa shape index (κ1) is 26.0. The first-order valence-corrected chi connectivity index (χ1v) is 0.827. The minimum atomic E-state index is -0.333. The molecule has 0 aliphatic heterocycles. The molecule has 0 unspecified atom stereocenters. The number of halogens is 2. The van der Waals surface area contributed by atoms with Crippen LogP contribution in [0.15, 0.2) is 0 Å². The molecule has 0 amide bonds. The van der Waals surface area contributed by atoms with Crippen LogP contribution >= 0.6 is 12.4 Å². The predicted octanol–water partition coefficient (Wildman–Crippen LogP) is -6.73. The Balaban J connectivity index is -0.0000000150. The van der Waals surface area contributed by atoms with E-state index >= 15 is 0 Å². The molecule has 0 fully saturated rings. The Morgan fingerprint density at radius 1 is 1.29 bits per heavy atom. The number of hydrogen-bond acceptors (Lipinski definition) is 1. The van der Waals surface area contributed by atoms with Crippen LogP contribution in [-0.4, -0.2) is 5.96 Å². The van der Waals surface area contributed by atoms with E-state index < -0.39 is 0 Å². The molecule has 0 spiro atoms. The van der Waals surface area contributed by atoms with Crippen molar-refractivity contribution in [3.05, 3.63) is 0 Å². The summed E-state index contributed by atoms with van der Waals surface area (Å²) in [6.07, 6.45) is 0. The van der Waals surface area contributed by atoms with Gasteiger partial charge in [-0.15, -0.1) is 12.4 Å². The van der Waals surface area contributed by atoms with Gasteiger partial charge in [-0.05, 0) is 0 Å². The molecule has 0 aromatic rings. The van der Waals surface area contributed by atoms with Crippen LogP contribution in [-0.2, 0) is 0 Å². The normalized spacial score (nSPS) is 3.43. The Morgan fingerprint density at radius 2 is 1.29 bits per heavy atom. The maximum Gasteiger partial charge on any atom is 1.00 e. The molecule has 0 saturated carbocycles. The van der Waals surface area contributed by atoms with E-state index in [0.29, 0.717) is 0 Å². The topological polar surface area (TPSA) is 75.9 Å². The molecule has 3 nitrogen and oxygen atoms in total. The number of guanidine groups is 1. The second-order valence-electron chi connectivity index (χ2n) is 0.455. The molecule has 0 aliphatic rings. The summed E-state index contributed by atoms with van der Waals surface area (Å²) in [5.74, 6) is -0.333. The van der Waals surface area contributed by atoms with E-state index in [9.17, 15) is 0 Å². The second kappa shape index (κ2) is 16.1. The van der Waals surface area contributed by atoms with Gasteiger partial charge in [0, 0.05) is 0 Å². The van der Waals surface area contributed by atoms with Gasteiger partial charge >= 0.3 is 18.9 Å². The van der Waals surface area contributed by atoms with Crippen LogP contribution in [0.4, 0.5) is 0 Å². The van der Waals surface area contributed by atoms with Crippen molar-refractivity contribution in [3.63, 3.8) is 0 Å². The van der Waals surface area contributed by atoms with Crippen LogP contribution < -0.4 is 42.7 Å². The third kappa shape index (κ3) is 637. The van der Waals surface area contributed by atoms with Gasteiger partial charge in [-0.2, -0.15) is 0 Å². The zero-order chi connectivity index (χ0) is 3.58. The molecule has 0 radical (unpaired) electrons. The first-order chi connectivity index (χ1) is 1.73. The van der Waals surface area contributed by atoms with Crippen LogP contribution in [0.3, 0.4) is 0 Å². The van der Waals surface area contributed by atoms with Crippen LogP contribution in [0.25, 0.3) is 0 Å². The fraction of sp³-hybridized carbons (Fsp3) is 0. The molecule has 7 heavy (non-hydrogen) atoms.